The van der Waals surface area contributed by atoms with Gasteiger partial charge in [0.05, 0.1) is 7.11 Å². The van der Waals surface area contributed by atoms with Crippen molar-refractivity contribution in [3.05, 3.63) is 60.2 Å². The van der Waals surface area contributed by atoms with Gasteiger partial charge in [-0.25, -0.2) is 0 Å². The lowest BCUT2D eigenvalue weighted by molar-refractivity contribution is -0.127. The molecule has 0 saturated carbocycles. The van der Waals surface area contributed by atoms with Crippen molar-refractivity contribution in [2.75, 3.05) is 13.7 Å². The van der Waals surface area contributed by atoms with Crippen LogP contribution in [-0.2, 0) is 11.2 Å². The van der Waals surface area contributed by atoms with Crippen molar-refractivity contribution >= 4 is 5.91 Å². The minimum Gasteiger partial charge on any atom is -0.497 e. The average molecular weight is 299 g/mol. The third-order valence-electron chi connectivity index (χ3n) is 3.30. The van der Waals surface area contributed by atoms with E-state index < -0.39 is 6.10 Å². The fraction of sp³-hybridized carbons (Fsp3) is 0.278. The van der Waals surface area contributed by atoms with Gasteiger partial charge >= 0.3 is 0 Å². The molecule has 0 unspecified atom stereocenters. The Balaban J connectivity index is 1.74. The quantitative estimate of drug-likeness (QED) is 0.855. The third kappa shape index (κ3) is 4.81. The Morgan fingerprint density at radius 1 is 1.05 bits per heavy atom. The summed E-state index contributed by atoms with van der Waals surface area (Å²) >= 11 is 0. The molecule has 1 amide bonds. The molecule has 0 radical (unpaired) electrons. The normalized spacial score (nSPS) is 11.5. The lowest BCUT2D eigenvalue weighted by Gasteiger charge is -2.14. The molecule has 0 bridgehead atoms. The van der Waals surface area contributed by atoms with Crippen molar-refractivity contribution in [2.45, 2.75) is 19.4 Å². The van der Waals surface area contributed by atoms with Crippen LogP contribution in [0.3, 0.4) is 0 Å². The van der Waals surface area contributed by atoms with Crippen molar-refractivity contribution in [3.63, 3.8) is 0 Å². The molecule has 116 valence electrons. The van der Waals surface area contributed by atoms with Gasteiger partial charge in [0.2, 0.25) is 0 Å². The van der Waals surface area contributed by atoms with Gasteiger partial charge in [0, 0.05) is 6.54 Å². The van der Waals surface area contributed by atoms with Crippen LogP contribution in [0.25, 0.3) is 0 Å². The number of ether oxygens (including phenoxy) is 2. The lowest BCUT2D eigenvalue weighted by atomic mass is 10.1. The van der Waals surface area contributed by atoms with E-state index in [4.69, 9.17) is 9.47 Å². The van der Waals surface area contributed by atoms with Crippen molar-refractivity contribution in [1.82, 2.24) is 5.32 Å². The predicted octanol–water partition coefficient (Wildman–Crippen LogP) is 2.82. The maximum atomic E-state index is 12.0. The Morgan fingerprint density at radius 2 is 1.73 bits per heavy atom. The third-order valence-corrected chi connectivity index (χ3v) is 3.30. The zero-order chi connectivity index (χ0) is 15.8. The van der Waals surface area contributed by atoms with E-state index in [-0.39, 0.29) is 5.91 Å². The summed E-state index contributed by atoms with van der Waals surface area (Å²) in [5, 5.41) is 2.88. The fourth-order valence-corrected chi connectivity index (χ4v) is 2.02. The highest BCUT2D eigenvalue weighted by atomic mass is 16.5. The molecule has 0 saturated heterocycles. The first-order chi connectivity index (χ1) is 10.7. The largest absolute Gasteiger partial charge is 0.497 e. The van der Waals surface area contributed by atoms with Gasteiger partial charge in [-0.2, -0.15) is 0 Å². The van der Waals surface area contributed by atoms with Crippen LogP contribution in [0, 0.1) is 0 Å². The zero-order valence-electron chi connectivity index (χ0n) is 12.9. The molecule has 1 atom stereocenters. The summed E-state index contributed by atoms with van der Waals surface area (Å²) in [6, 6.07) is 17.2. The molecule has 2 aromatic rings. The van der Waals surface area contributed by atoms with Crippen LogP contribution in [0.1, 0.15) is 12.5 Å². The Kier molecular flexibility index (Phi) is 5.83. The topological polar surface area (TPSA) is 47.6 Å². The van der Waals surface area contributed by atoms with Crippen molar-refractivity contribution < 1.29 is 14.3 Å². The molecular weight excluding hydrogens is 278 g/mol. The second-order valence-electron chi connectivity index (χ2n) is 4.96. The molecule has 0 heterocycles. The van der Waals surface area contributed by atoms with Crippen molar-refractivity contribution in [2.24, 2.45) is 0 Å². The van der Waals surface area contributed by atoms with Gasteiger partial charge < -0.3 is 14.8 Å². The van der Waals surface area contributed by atoms with E-state index >= 15 is 0 Å². The molecule has 0 aliphatic heterocycles. The summed E-state index contributed by atoms with van der Waals surface area (Å²) in [5.41, 5.74) is 1.15. The first-order valence-electron chi connectivity index (χ1n) is 7.31. The standard InChI is InChI=1S/C18H21NO3/c1-14(22-17-6-4-3-5-7-17)18(20)19-13-12-15-8-10-16(21-2)11-9-15/h3-11,14H,12-13H2,1-2H3,(H,19,20)/t14-/m1/s1. The van der Waals surface area contributed by atoms with Gasteiger partial charge in [0.25, 0.3) is 5.91 Å². The van der Waals surface area contributed by atoms with Gasteiger partial charge in [-0.15, -0.1) is 0 Å². The first kappa shape index (κ1) is 15.9. The molecule has 0 fully saturated rings. The minimum atomic E-state index is -0.515. The Labute approximate surface area is 131 Å². The molecule has 22 heavy (non-hydrogen) atoms. The molecule has 0 aromatic heterocycles. The van der Waals surface area contributed by atoms with Crippen LogP contribution in [0.5, 0.6) is 11.5 Å². The molecule has 4 nitrogen and oxygen atoms in total. The number of hydrogen-bond donors (Lipinski definition) is 1. The van der Waals surface area contributed by atoms with E-state index in [1.54, 1.807) is 14.0 Å². The summed E-state index contributed by atoms with van der Waals surface area (Å²) < 4.78 is 10.7. The molecule has 0 aliphatic rings. The number of nitrogens with one attached hydrogen (secondary N) is 1. The van der Waals surface area contributed by atoms with E-state index in [0.717, 1.165) is 17.7 Å². The summed E-state index contributed by atoms with van der Waals surface area (Å²) in [6.45, 7) is 2.32. The number of hydrogen-bond acceptors (Lipinski definition) is 3. The monoisotopic (exact) mass is 299 g/mol. The van der Waals surface area contributed by atoms with Gasteiger partial charge in [0.15, 0.2) is 6.10 Å². The Hall–Kier alpha value is -2.49. The number of benzene rings is 2. The molecular formula is C18H21NO3. The summed E-state index contributed by atoms with van der Waals surface area (Å²) in [6.07, 6.45) is 0.256. The molecule has 4 heteroatoms. The average Bonchev–Trinajstić information content (AvgIpc) is 2.56. The predicted molar refractivity (Wildman–Crippen MR) is 86.2 cm³/mol. The van der Waals surface area contributed by atoms with E-state index in [1.807, 2.05) is 54.6 Å². The van der Waals surface area contributed by atoms with Gasteiger partial charge in [-0.05, 0) is 43.2 Å². The van der Waals surface area contributed by atoms with E-state index in [9.17, 15) is 4.79 Å². The number of para-hydroxylation sites is 1. The van der Waals surface area contributed by atoms with Crippen LogP contribution in [0.15, 0.2) is 54.6 Å². The Morgan fingerprint density at radius 3 is 2.36 bits per heavy atom. The number of methoxy groups -OCH3 is 1. The SMILES string of the molecule is COc1ccc(CCNC(=O)[C@@H](C)Oc2ccccc2)cc1. The molecule has 0 spiro atoms. The van der Waals surface area contributed by atoms with Gasteiger partial charge in [0.1, 0.15) is 11.5 Å². The van der Waals surface area contributed by atoms with E-state index in [0.29, 0.717) is 12.3 Å². The molecule has 2 aromatic carbocycles. The Bertz CT molecular complexity index is 581. The second kappa shape index (κ2) is 8.08. The first-order valence-corrected chi connectivity index (χ1v) is 7.31. The highest BCUT2D eigenvalue weighted by Crippen LogP contribution is 2.12. The maximum Gasteiger partial charge on any atom is 0.260 e. The highest BCUT2D eigenvalue weighted by molar-refractivity contribution is 5.80. The smallest absolute Gasteiger partial charge is 0.260 e. The van der Waals surface area contributed by atoms with Crippen LogP contribution in [-0.4, -0.2) is 25.7 Å². The van der Waals surface area contributed by atoms with Gasteiger partial charge in [-0.1, -0.05) is 30.3 Å². The van der Waals surface area contributed by atoms with Crippen LogP contribution >= 0.6 is 0 Å². The molecule has 0 aliphatic carbocycles. The second-order valence-corrected chi connectivity index (χ2v) is 4.96. The van der Waals surface area contributed by atoms with Crippen LogP contribution in [0.4, 0.5) is 0 Å². The lowest BCUT2D eigenvalue weighted by Crippen LogP contribution is -2.37. The summed E-state index contributed by atoms with van der Waals surface area (Å²) in [4.78, 5) is 12.0. The minimum absolute atomic E-state index is 0.114. The maximum absolute atomic E-state index is 12.0. The molecule has 1 N–H and O–H groups in total. The summed E-state index contributed by atoms with van der Waals surface area (Å²) in [5.74, 6) is 1.41. The van der Waals surface area contributed by atoms with Crippen LogP contribution < -0.4 is 14.8 Å². The zero-order valence-corrected chi connectivity index (χ0v) is 12.9. The van der Waals surface area contributed by atoms with Crippen molar-refractivity contribution in [3.8, 4) is 11.5 Å². The number of amides is 1. The summed E-state index contributed by atoms with van der Waals surface area (Å²) in [7, 11) is 1.64. The highest BCUT2D eigenvalue weighted by Gasteiger charge is 2.13. The number of rotatable bonds is 7. The van der Waals surface area contributed by atoms with Crippen molar-refractivity contribution in [1.29, 1.82) is 0 Å². The molecule has 2 rings (SSSR count). The fourth-order valence-electron chi connectivity index (χ4n) is 2.02. The number of carbonyl (C=O) groups excluding carboxylic acids is 1. The van der Waals surface area contributed by atoms with Crippen LogP contribution in [0.2, 0.25) is 0 Å². The van der Waals surface area contributed by atoms with E-state index in [1.165, 1.54) is 0 Å². The van der Waals surface area contributed by atoms with E-state index in [2.05, 4.69) is 5.32 Å². The van der Waals surface area contributed by atoms with Gasteiger partial charge in [-0.3, -0.25) is 4.79 Å². The number of carbonyl (C=O) groups is 1.